The smallest absolute Gasteiger partial charge is 0.246 e. The van der Waals surface area contributed by atoms with E-state index in [0.717, 1.165) is 12.1 Å². The van der Waals surface area contributed by atoms with Gasteiger partial charge in [0.15, 0.2) is 4.73 Å². The Kier molecular flexibility index (Phi) is 4.25. The van der Waals surface area contributed by atoms with Gasteiger partial charge in [0.25, 0.3) is 0 Å². The summed E-state index contributed by atoms with van der Waals surface area (Å²) in [6.07, 6.45) is 0. The summed E-state index contributed by atoms with van der Waals surface area (Å²) in [5.74, 6) is -2.06. The van der Waals surface area contributed by atoms with Crippen molar-refractivity contribution in [3.8, 4) is 0 Å². The molecule has 0 aliphatic heterocycles. The van der Waals surface area contributed by atoms with Crippen LogP contribution in [0.2, 0.25) is 0 Å². The lowest BCUT2D eigenvalue weighted by Gasteiger charge is -2.06. The molecule has 1 aromatic heterocycles. The Morgan fingerprint density at radius 3 is 2.68 bits per heavy atom. The first-order valence-corrected chi connectivity index (χ1v) is 6.55. The fourth-order valence-electron chi connectivity index (χ4n) is 1.31. The van der Waals surface area contributed by atoms with Crippen molar-refractivity contribution in [2.45, 2.75) is 6.54 Å². The topological polar surface area (TPSA) is 59.8 Å². The predicted molar refractivity (Wildman–Crippen MR) is 70.4 cm³/mol. The minimum absolute atomic E-state index is 0.0956. The first-order chi connectivity index (χ1) is 8.95. The number of aromatic nitrogens is 3. The molecule has 0 fully saturated rings. The summed E-state index contributed by atoms with van der Waals surface area (Å²) in [7, 11) is 0. The molecule has 0 aliphatic rings. The Balaban J connectivity index is 2.07. The molecule has 2 rings (SSSR count). The van der Waals surface area contributed by atoms with Gasteiger partial charge in [-0.2, -0.15) is 4.98 Å². The lowest BCUT2D eigenvalue weighted by Crippen LogP contribution is -2.20. The Bertz CT molecular complexity index is 632. The molecule has 0 unspecified atom stereocenters. The molecule has 0 saturated carbocycles. The number of hydrogen-bond donors (Lipinski definition) is 1. The van der Waals surface area contributed by atoms with Gasteiger partial charge in [0.2, 0.25) is 10.6 Å². The van der Waals surface area contributed by atoms with Crippen LogP contribution in [0.3, 0.4) is 0 Å². The van der Waals surface area contributed by atoms with Crippen LogP contribution in [-0.2, 0) is 11.3 Å². The molecule has 100 valence electrons. The Morgan fingerprint density at radius 2 is 2.11 bits per heavy atom. The van der Waals surface area contributed by atoms with E-state index in [1.54, 1.807) is 0 Å². The lowest BCUT2D eigenvalue weighted by molar-refractivity contribution is -0.117. The Labute approximate surface area is 123 Å². The highest BCUT2D eigenvalue weighted by Crippen LogP contribution is 2.15. The van der Waals surface area contributed by atoms with Crippen molar-refractivity contribution >= 4 is 43.5 Å². The van der Waals surface area contributed by atoms with Crippen LogP contribution in [0.1, 0.15) is 0 Å². The summed E-state index contributed by atoms with van der Waals surface area (Å²) < 4.78 is 28.0. The molecule has 9 heteroatoms. The normalized spacial score (nSPS) is 10.5. The molecule has 0 atom stereocenters. The van der Waals surface area contributed by atoms with Gasteiger partial charge >= 0.3 is 0 Å². The van der Waals surface area contributed by atoms with Crippen molar-refractivity contribution in [2.24, 2.45) is 0 Å². The predicted octanol–water partition coefficient (Wildman–Crippen LogP) is 2.72. The summed E-state index contributed by atoms with van der Waals surface area (Å²) in [6, 6.07) is 2.90. The molecule has 1 amide bonds. The van der Waals surface area contributed by atoms with E-state index in [1.807, 2.05) is 0 Å². The van der Waals surface area contributed by atoms with Gasteiger partial charge in [-0.15, -0.1) is 5.10 Å². The number of nitrogens with zero attached hydrogens (tertiary/aromatic N) is 3. The fraction of sp³-hybridized carbons (Fsp3) is 0.100. The van der Waals surface area contributed by atoms with Crippen LogP contribution in [0.25, 0.3) is 0 Å². The summed E-state index contributed by atoms with van der Waals surface area (Å²) in [4.78, 5) is 15.6. The van der Waals surface area contributed by atoms with E-state index in [4.69, 9.17) is 0 Å². The van der Waals surface area contributed by atoms with Gasteiger partial charge in [-0.25, -0.2) is 13.5 Å². The molecular formula is C10H6Br2F2N4O. The quantitative estimate of drug-likeness (QED) is 0.869. The number of amides is 1. The second-order valence-electron chi connectivity index (χ2n) is 3.48. The third-order valence-corrected chi connectivity index (χ3v) is 3.02. The fourth-order valence-corrected chi connectivity index (χ4v) is 2.28. The van der Waals surface area contributed by atoms with Gasteiger partial charge in [-0.05, 0) is 44.0 Å². The monoisotopic (exact) mass is 394 g/mol. The number of halogens is 4. The highest BCUT2D eigenvalue weighted by Gasteiger charge is 2.12. The summed E-state index contributed by atoms with van der Waals surface area (Å²) in [6.45, 7) is -0.157. The van der Waals surface area contributed by atoms with Gasteiger partial charge in [-0.3, -0.25) is 4.79 Å². The van der Waals surface area contributed by atoms with E-state index >= 15 is 0 Å². The number of carbonyl (C=O) groups excluding carboxylic acids is 1. The maximum absolute atomic E-state index is 13.3. The van der Waals surface area contributed by atoms with Crippen LogP contribution >= 0.6 is 31.9 Å². The largest absolute Gasteiger partial charge is 0.322 e. The lowest BCUT2D eigenvalue weighted by atomic mass is 10.3. The average Bonchev–Trinajstić information content (AvgIpc) is 2.61. The first-order valence-electron chi connectivity index (χ1n) is 4.96. The number of anilines is 1. The van der Waals surface area contributed by atoms with Gasteiger partial charge < -0.3 is 5.32 Å². The molecular weight excluding hydrogens is 390 g/mol. The molecule has 1 N–H and O–H groups in total. The molecule has 0 bridgehead atoms. The van der Waals surface area contributed by atoms with Crippen LogP contribution in [0.15, 0.2) is 27.7 Å². The van der Waals surface area contributed by atoms with Crippen LogP contribution in [0.5, 0.6) is 0 Å². The molecule has 5 nitrogen and oxygen atoms in total. The third kappa shape index (κ3) is 3.57. The van der Waals surface area contributed by atoms with Crippen molar-refractivity contribution < 1.29 is 13.6 Å². The first kappa shape index (κ1) is 14.1. The van der Waals surface area contributed by atoms with Crippen molar-refractivity contribution in [3.63, 3.8) is 0 Å². The van der Waals surface area contributed by atoms with Gasteiger partial charge in [0.1, 0.15) is 18.2 Å². The molecule has 0 saturated heterocycles. The molecule has 0 radical (unpaired) electrons. The van der Waals surface area contributed by atoms with E-state index in [1.165, 1.54) is 4.68 Å². The Morgan fingerprint density at radius 1 is 1.37 bits per heavy atom. The number of rotatable bonds is 3. The standard InChI is InChI=1S/C10H6Br2F2N4O/c11-9-16-10(12)18(17-9)4-8(19)15-7-2-1-5(13)3-6(7)14/h1-3H,4H2,(H,15,19). The SMILES string of the molecule is O=C(Cn1nc(Br)nc1Br)Nc1ccc(F)cc1F. The summed E-state index contributed by atoms with van der Waals surface area (Å²) in [5.41, 5.74) is -0.0956. The van der Waals surface area contributed by atoms with Crippen molar-refractivity contribution in [1.29, 1.82) is 0 Å². The maximum Gasteiger partial charge on any atom is 0.246 e. The second kappa shape index (κ2) is 5.74. The maximum atomic E-state index is 13.3. The number of nitrogens with one attached hydrogen (secondary N) is 1. The number of benzene rings is 1. The highest BCUT2D eigenvalue weighted by molar-refractivity contribution is 9.11. The van der Waals surface area contributed by atoms with Gasteiger partial charge in [-0.1, -0.05) is 0 Å². The van der Waals surface area contributed by atoms with E-state index in [9.17, 15) is 13.6 Å². The summed E-state index contributed by atoms with van der Waals surface area (Å²) >= 11 is 6.16. The minimum atomic E-state index is -0.841. The van der Waals surface area contributed by atoms with Crippen molar-refractivity contribution in [3.05, 3.63) is 39.3 Å². The molecule has 2 aromatic rings. The number of carbonyl (C=O) groups is 1. The van der Waals surface area contributed by atoms with Crippen LogP contribution < -0.4 is 5.32 Å². The van der Waals surface area contributed by atoms with Crippen LogP contribution in [0.4, 0.5) is 14.5 Å². The van der Waals surface area contributed by atoms with Crippen LogP contribution in [-0.4, -0.2) is 20.7 Å². The minimum Gasteiger partial charge on any atom is -0.322 e. The van der Waals surface area contributed by atoms with Gasteiger partial charge in [0.05, 0.1) is 5.69 Å². The van der Waals surface area contributed by atoms with E-state index in [2.05, 4.69) is 47.3 Å². The summed E-state index contributed by atoms with van der Waals surface area (Å²) in [5, 5.41) is 6.21. The molecule has 0 aliphatic carbocycles. The number of hydrogen-bond acceptors (Lipinski definition) is 3. The molecule has 19 heavy (non-hydrogen) atoms. The Hall–Kier alpha value is -1.35. The van der Waals surface area contributed by atoms with Gasteiger partial charge in [0, 0.05) is 6.07 Å². The van der Waals surface area contributed by atoms with Crippen LogP contribution in [0, 0.1) is 11.6 Å². The van der Waals surface area contributed by atoms with Crippen molar-refractivity contribution in [2.75, 3.05) is 5.32 Å². The highest BCUT2D eigenvalue weighted by atomic mass is 79.9. The van der Waals surface area contributed by atoms with E-state index in [0.29, 0.717) is 15.5 Å². The molecule has 0 spiro atoms. The second-order valence-corrected chi connectivity index (χ2v) is 4.90. The zero-order valence-electron chi connectivity index (χ0n) is 9.20. The zero-order chi connectivity index (χ0) is 14.0. The molecule has 1 aromatic carbocycles. The van der Waals surface area contributed by atoms with E-state index < -0.39 is 17.5 Å². The van der Waals surface area contributed by atoms with E-state index in [-0.39, 0.29) is 12.2 Å². The third-order valence-electron chi connectivity index (χ3n) is 2.10. The zero-order valence-corrected chi connectivity index (χ0v) is 12.4. The molecule has 1 heterocycles. The average molecular weight is 396 g/mol. The van der Waals surface area contributed by atoms with Crippen molar-refractivity contribution in [1.82, 2.24) is 14.8 Å².